The Balaban J connectivity index is 2.28. The van der Waals surface area contributed by atoms with Gasteiger partial charge in [0.25, 0.3) is 0 Å². The van der Waals surface area contributed by atoms with E-state index in [4.69, 9.17) is 4.74 Å². The lowest BCUT2D eigenvalue weighted by molar-refractivity contribution is -0.174. The van der Waals surface area contributed by atoms with Gasteiger partial charge in [-0.1, -0.05) is 26.7 Å². The van der Waals surface area contributed by atoms with Crippen LogP contribution in [0.15, 0.2) is 0 Å². The number of hydrogen-bond acceptors (Lipinski definition) is 2. The molecule has 0 saturated heterocycles. The average Bonchev–Trinajstić information content (AvgIpc) is 2.44. The molecule has 1 aliphatic rings. The molecule has 3 atom stereocenters. The number of alkyl halides is 3. The summed E-state index contributed by atoms with van der Waals surface area (Å²) >= 11 is 0. The minimum Gasteiger partial charge on any atom is -0.372 e. The van der Waals surface area contributed by atoms with Gasteiger partial charge in [0.1, 0.15) is 6.61 Å². The Kier molecular flexibility index (Phi) is 8.64. The van der Waals surface area contributed by atoms with Crippen molar-refractivity contribution in [2.24, 2.45) is 17.8 Å². The van der Waals surface area contributed by atoms with Gasteiger partial charge < -0.3 is 10.1 Å². The molecule has 3 unspecified atom stereocenters. The van der Waals surface area contributed by atoms with E-state index in [-0.39, 0.29) is 6.61 Å². The van der Waals surface area contributed by atoms with Gasteiger partial charge in [-0.3, -0.25) is 0 Å². The van der Waals surface area contributed by atoms with E-state index in [0.29, 0.717) is 11.8 Å². The van der Waals surface area contributed by atoms with Crippen LogP contribution in [0.4, 0.5) is 13.2 Å². The summed E-state index contributed by atoms with van der Waals surface area (Å²) in [5.74, 6) is 2.11. The Morgan fingerprint density at radius 1 is 1.14 bits per heavy atom. The molecule has 1 rings (SSSR count). The third kappa shape index (κ3) is 8.05. The zero-order chi connectivity index (χ0) is 15.7. The van der Waals surface area contributed by atoms with E-state index >= 15 is 0 Å². The SMILES string of the molecule is CCNCC1CCC(CC)CC1CCCOCC(F)(F)F. The fraction of sp³-hybridized carbons (Fsp3) is 1.00. The van der Waals surface area contributed by atoms with Crippen molar-refractivity contribution < 1.29 is 17.9 Å². The molecule has 1 fully saturated rings. The highest BCUT2D eigenvalue weighted by molar-refractivity contribution is 4.81. The summed E-state index contributed by atoms with van der Waals surface area (Å²) in [4.78, 5) is 0. The van der Waals surface area contributed by atoms with Gasteiger partial charge in [0.2, 0.25) is 0 Å². The molecule has 0 aromatic rings. The van der Waals surface area contributed by atoms with Crippen molar-refractivity contribution in [2.45, 2.75) is 58.5 Å². The Bertz CT molecular complexity index is 271. The van der Waals surface area contributed by atoms with Crippen LogP contribution >= 0.6 is 0 Å². The molecule has 0 heterocycles. The molecule has 0 aromatic carbocycles. The minimum absolute atomic E-state index is 0.223. The lowest BCUT2D eigenvalue weighted by atomic mass is 9.71. The maximum atomic E-state index is 12.0. The monoisotopic (exact) mass is 309 g/mol. The lowest BCUT2D eigenvalue weighted by Gasteiger charge is -2.36. The number of hydrogen-bond donors (Lipinski definition) is 1. The zero-order valence-corrected chi connectivity index (χ0v) is 13.3. The second-order valence-corrected chi connectivity index (χ2v) is 6.23. The van der Waals surface area contributed by atoms with E-state index in [1.165, 1.54) is 25.7 Å². The van der Waals surface area contributed by atoms with Gasteiger partial charge in [-0.05, 0) is 56.5 Å². The fourth-order valence-corrected chi connectivity index (χ4v) is 3.38. The highest BCUT2D eigenvalue weighted by atomic mass is 19.4. The lowest BCUT2D eigenvalue weighted by Crippen LogP contribution is -2.33. The Hall–Kier alpha value is -0.290. The van der Waals surface area contributed by atoms with Crippen LogP contribution < -0.4 is 5.32 Å². The highest BCUT2D eigenvalue weighted by Crippen LogP contribution is 2.37. The van der Waals surface area contributed by atoms with Crippen molar-refractivity contribution in [1.29, 1.82) is 0 Å². The largest absolute Gasteiger partial charge is 0.411 e. The summed E-state index contributed by atoms with van der Waals surface area (Å²) in [6.45, 7) is 5.48. The fourth-order valence-electron chi connectivity index (χ4n) is 3.38. The van der Waals surface area contributed by atoms with Gasteiger partial charge in [-0.2, -0.15) is 13.2 Å². The summed E-state index contributed by atoms with van der Waals surface area (Å²) in [5.41, 5.74) is 0. The molecular formula is C16H30F3NO. The van der Waals surface area contributed by atoms with Crippen LogP contribution in [-0.4, -0.2) is 32.5 Å². The second-order valence-electron chi connectivity index (χ2n) is 6.23. The average molecular weight is 309 g/mol. The van der Waals surface area contributed by atoms with E-state index in [9.17, 15) is 13.2 Å². The summed E-state index contributed by atoms with van der Waals surface area (Å²) in [7, 11) is 0. The first-order valence-electron chi connectivity index (χ1n) is 8.31. The van der Waals surface area contributed by atoms with Crippen LogP contribution in [0.2, 0.25) is 0 Å². The van der Waals surface area contributed by atoms with E-state index in [2.05, 4.69) is 19.2 Å². The number of nitrogens with one attached hydrogen (secondary N) is 1. The molecule has 0 spiro atoms. The number of ether oxygens (including phenoxy) is 1. The molecule has 0 aromatic heterocycles. The van der Waals surface area contributed by atoms with Gasteiger partial charge in [0.05, 0.1) is 0 Å². The molecule has 21 heavy (non-hydrogen) atoms. The van der Waals surface area contributed by atoms with Crippen molar-refractivity contribution in [1.82, 2.24) is 5.32 Å². The molecule has 0 bridgehead atoms. The molecule has 126 valence electrons. The third-order valence-electron chi connectivity index (χ3n) is 4.61. The number of rotatable bonds is 9. The van der Waals surface area contributed by atoms with Crippen LogP contribution in [-0.2, 0) is 4.74 Å². The van der Waals surface area contributed by atoms with Gasteiger partial charge in [0, 0.05) is 6.61 Å². The summed E-state index contributed by atoms with van der Waals surface area (Å²) < 4.78 is 40.7. The predicted molar refractivity (Wildman–Crippen MR) is 79.3 cm³/mol. The quantitative estimate of drug-likeness (QED) is 0.638. The summed E-state index contributed by atoms with van der Waals surface area (Å²) in [5, 5.41) is 3.42. The van der Waals surface area contributed by atoms with Crippen molar-refractivity contribution in [2.75, 3.05) is 26.3 Å². The second kappa shape index (κ2) is 9.67. The summed E-state index contributed by atoms with van der Waals surface area (Å²) in [6.07, 6.45) is 2.52. The number of halogens is 3. The van der Waals surface area contributed by atoms with E-state index in [1.54, 1.807) is 0 Å². The van der Waals surface area contributed by atoms with E-state index in [1.807, 2.05) is 0 Å². The molecular weight excluding hydrogens is 279 g/mol. The topological polar surface area (TPSA) is 21.3 Å². The minimum atomic E-state index is -4.20. The normalized spacial score (nSPS) is 27.0. The standard InChI is InChI=1S/C16H30F3NO/c1-3-13-7-8-15(11-20-4-2)14(10-13)6-5-9-21-12-16(17,18)19/h13-15,20H,3-12H2,1-2H3. The molecule has 1 aliphatic carbocycles. The van der Waals surface area contributed by atoms with Crippen molar-refractivity contribution in [3.63, 3.8) is 0 Å². The Labute approximate surface area is 126 Å². The predicted octanol–water partition coefficient (Wildman–Crippen LogP) is 4.40. The molecule has 2 nitrogen and oxygen atoms in total. The molecule has 0 amide bonds. The van der Waals surface area contributed by atoms with E-state index < -0.39 is 12.8 Å². The molecule has 1 saturated carbocycles. The molecule has 0 aliphatic heterocycles. The van der Waals surface area contributed by atoms with Crippen molar-refractivity contribution >= 4 is 0 Å². The maximum Gasteiger partial charge on any atom is 0.411 e. The molecule has 0 radical (unpaired) electrons. The van der Waals surface area contributed by atoms with Crippen LogP contribution in [0.25, 0.3) is 0 Å². The highest BCUT2D eigenvalue weighted by Gasteiger charge is 2.30. The van der Waals surface area contributed by atoms with E-state index in [0.717, 1.165) is 31.8 Å². The van der Waals surface area contributed by atoms with Gasteiger partial charge >= 0.3 is 6.18 Å². The van der Waals surface area contributed by atoms with Crippen molar-refractivity contribution in [3.05, 3.63) is 0 Å². The van der Waals surface area contributed by atoms with Gasteiger partial charge in [0.15, 0.2) is 0 Å². The van der Waals surface area contributed by atoms with Gasteiger partial charge in [-0.15, -0.1) is 0 Å². The molecule has 5 heteroatoms. The first-order chi connectivity index (χ1) is 9.96. The zero-order valence-electron chi connectivity index (χ0n) is 13.3. The van der Waals surface area contributed by atoms with Crippen molar-refractivity contribution in [3.8, 4) is 0 Å². The first kappa shape index (κ1) is 18.8. The Morgan fingerprint density at radius 2 is 1.90 bits per heavy atom. The molecule has 1 N–H and O–H groups in total. The maximum absolute atomic E-state index is 12.0. The van der Waals surface area contributed by atoms with Gasteiger partial charge in [-0.25, -0.2) is 0 Å². The Morgan fingerprint density at radius 3 is 2.52 bits per heavy atom. The smallest absolute Gasteiger partial charge is 0.372 e. The van der Waals surface area contributed by atoms with Crippen LogP contribution in [0.5, 0.6) is 0 Å². The third-order valence-corrected chi connectivity index (χ3v) is 4.61. The first-order valence-corrected chi connectivity index (χ1v) is 8.31. The van der Waals surface area contributed by atoms with Crippen LogP contribution in [0, 0.1) is 17.8 Å². The van der Waals surface area contributed by atoms with Crippen LogP contribution in [0.1, 0.15) is 52.4 Å². The summed E-state index contributed by atoms with van der Waals surface area (Å²) in [6, 6.07) is 0. The van der Waals surface area contributed by atoms with Crippen LogP contribution in [0.3, 0.4) is 0 Å².